The van der Waals surface area contributed by atoms with E-state index in [0.717, 1.165) is 52.8 Å². The van der Waals surface area contributed by atoms with Crippen LogP contribution in [0.4, 0.5) is 0 Å². The van der Waals surface area contributed by atoms with Crippen LogP contribution in [-0.2, 0) is 6.42 Å². The van der Waals surface area contributed by atoms with Crippen LogP contribution in [-0.4, -0.2) is 17.3 Å². The molecule has 0 aliphatic heterocycles. The minimum absolute atomic E-state index is 0.0975. The van der Waals surface area contributed by atoms with Gasteiger partial charge in [0.25, 0.3) is 0 Å². The Hall–Kier alpha value is -5.41. The smallest absolute Gasteiger partial charge is 0.194 e. The lowest BCUT2D eigenvalue weighted by Crippen LogP contribution is -2.16. The highest BCUT2D eigenvalue weighted by atomic mass is 16.1. The zero-order valence-corrected chi connectivity index (χ0v) is 25.2. The predicted molar refractivity (Wildman–Crippen MR) is 183 cm³/mol. The molecule has 0 spiro atoms. The van der Waals surface area contributed by atoms with E-state index in [-0.39, 0.29) is 17.3 Å². The Morgan fingerprint density at radius 1 is 0.422 bits per heavy atom. The van der Waals surface area contributed by atoms with Crippen LogP contribution in [0.5, 0.6) is 0 Å². The van der Waals surface area contributed by atoms with Gasteiger partial charge in [0.05, 0.1) is 0 Å². The fourth-order valence-electron chi connectivity index (χ4n) is 6.82. The van der Waals surface area contributed by atoms with E-state index < -0.39 is 0 Å². The molecule has 0 saturated carbocycles. The Morgan fingerprint density at radius 2 is 0.844 bits per heavy atom. The van der Waals surface area contributed by atoms with Gasteiger partial charge in [0.15, 0.2) is 17.3 Å². The monoisotopic (exact) mass is 584 g/mol. The second kappa shape index (κ2) is 11.9. The van der Waals surface area contributed by atoms with Crippen molar-refractivity contribution in [3.63, 3.8) is 0 Å². The van der Waals surface area contributed by atoms with E-state index in [0.29, 0.717) is 44.2 Å². The number of carbonyl (C=O) groups excluding carboxylic acids is 3. The van der Waals surface area contributed by atoms with E-state index >= 15 is 0 Å². The van der Waals surface area contributed by atoms with Gasteiger partial charge in [-0.3, -0.25) is 14.4 Å². The molecule has 0 aliphatic rings. The van der Waals surface area contributed by atoms with Gasteiger partial charge in [-0.2, -0.15) is 0 Å². The summed E-state index contributed by atoms with van der Waals surface area (Å²) in [7, 11) is 0. The first-order chi connectivity index (χ1) is 22.1. The normalized spacial score (nSPS) is 11.4. The van der Waals surface area contributed by atoms with E-state index in [2.05, 4.69) is 13.0 Å². The van der Waals surface area contributed by atoms with Crippen molar-refractivity contribution in [1.29, 1.82) is 0 Å². The summed E-state index contributed by atoms with van der Waals surface area (Å²) >= 11 is 0. The third-order valence-electron chi connectivity index (χ3n) is 8.89. The largest absolute Gasteiger partial charge is 0.289 e. The number of hydrogen-bond acceptors (Lipinski definition) is 3. The highest BCUT2D eigenvalue weighted by Gasteiger charge is 2.31. The molecule has 8 aromatic carbocycles. The van der Waals surface area contributed by atoms with Crippen LogP contribution in [0.1, 0.15) is 79.5 Å². The lowest BCUT2D eigenvalue weighted by Gasteiger charge is -2.24. The van der Waals surface area contributed by atoms with Crippen molar-refractivity contribution in [1.82, 2.24) is 0 Å². The molecule has 0 amide bonds. The summed E-state index contributed by atoms with van der Waals surface area (Å²) < 4.78 is 0. The molecule has 2 bridgehead atoms. The molecular formula is C42H32O3. The maximum absolute atomic E-state index is 14.5. The van der Waals surface area contributed by atoms with Gasteiger partial charge in [-0.25, -0.2) is 0 Å². The molecule has 0 heterocycles. The maximum atomic E-state index is 14.5. The van der Waals surface area contributed by atoms with Crippen molar-refractivity contribution in [3.8, 4) is 0 Å². The summed E-state index contributed by atoms with van der Waals surface area (Å²) in [6.07, 6.45) is 3.92. The van der Waals surface area contributed by atoms with Crippen molar-refractivity contribution in [2.75, 3.05) is 0 Å². The van der Waals surface area contributed by atoms with Gasteiger partial charge < -0.3 is 0 Å². The number of benzene rings is 8. The summed E-state index contributed by atoms with van der Waals surface area (Å²) in [5.41, 5.74) is 4.08. The maximum Gasteiger partial charge on any atom is 0.194 e. The molecule has 218 valence electrons. The zero-order valence-electron chi connectivity index (χ0n) is 25.2. The molecule has 0 aliphatic carbocycles. The van der Waals surface area contributed by atoms with Gasteiger partial charge in [0.1, 0.15) is 0 Å². The molecule has 0 saturated heterocycles. The molecule has 0 fully saturated rings. The van der Waals surface area contributed by atoms with E-state index in [9.17, 15) is 14.4 Å². The average molecular weight is 585 g/mol. The minimum atomic E-state index is -0.226. The van der Waals surface area contributed by atoms with Crippen LogP contribution >= 0.6 is 0 Å². The summed E-state index contributed by atoms with van der Waals surface area (Å²) in [5.74, 6) is -0.517. The predicted octanol–water partition coefficient (Wildman–Crippen LogP) is 10.0. The van der Waals surface area contributed by atoms with Crippen molar-refractivity contribution in [2.24, 2.45) is 0 Å². The first-order valence-corrected chi connectivity index (χ1v) is 15.6. The molecule has 0 atom stereocenters. The Balaban J connectivity index is 1.67. The van der Waals surface area contributed by atoms with Gasteiger partial charge in [-0.05, 0) is 45.3 Å². The van der Waals surface area contributed by atoms with Gasteiger partial charge in [-0.1, -0.05) is 147 Å². The van der Waals surface area contributed by atoms with E-state index in [1.165, 1.54) is 0 Å². The third kappa shape index (κ3) is 4.81. The number of fused-ring (bicyclic) bond motifs is 3. The van der Waals surface area contributed by atoms with Gasteiger partial charge in [0.2, 0.25) is 0 Å². The Morgan fingerprint density at radius 3 is 1.33 bits per heavy atom. The molecule has 0 radical (unpaired) electrons. The minimum Gasteiger partial charge on any atom is -0.289 e. The molecule has 0 N–H and O–H groups in total. The standard InChI is InChI=1S/C42H32O3/c1-2-3-7-23-31-30-22-14-15-24-32(30)37(40(43)27-16-8-4-9-17-27)36-34-26-25-33(35(31)36)38(41(44)28-18-10-5-11-19-28)39(34)42(45)29-20-12-6-13-21-29/h4-6,8-22,24-26H,2-3,7,23H2,1H3. The van der Waals surface area contributed by atoms with Gasteiger partial charge in [-0.15, -0.1) is 0 Å². The van der Waals surface area contributed by atoms with Crippen LogP contribution in [0, 0.1) is 0 Å². The Kier molecular flexibility index (Phi) is 7.52. The van der Waals surface area contributed by atoms with Crippen molar-refractivity contribution in [3.05, 3.63) is 166 Å². The number of unbranched alkanes of at least 4 members (excludes halogenated alkanes) is 2. The molecule has 8 rings (SSSR count). The second-order valence-electron chi connectivity index (χ2n) is 11.6. The summed E-state index contributed by atoms with van der Waals surface area (Å²) in [4.78, 5) is 43.5. The van der Waals surface area contributed by atoms with Crippen LogP contribution in [0.25, 0.3) is 32.3 Å². The molecule has 45 heavy (non-hydrogen) atoms. The summed E-state index contributed by atoms with van der Waals surface area (Å²) in [6, 6.07) is 39.6. The Labute approximate surface area is 262 Å². The average Bonchev–Trinajstić information content (AvgIpc) is 3.11. The SMILES string of the molecule is CCCCCc1c2ccccc2c(C(=O)c2ccccc2)c2c3ccc(c(C(=O)c4ccccc4)c3C(=O)c3ccccc3)c12. The van der Waals surface area contributed by atoms with Crippen LogP contribution < -0.4 is 0 Å². The molecule has 0 aromatic heterocycles. The molecule has 3 nitrogen and oxygen atoms in total. The van der Waals surface area contributed by atoms with Gasteiger partial charge >= 0.3 is 0 Å². The zero-order chi connectivity index (χ0) is 30.9. The number of ketones is 3. The second-order valence-corrected chi connectivity index (χ2v) is 11.6. The molecular weight excluding hydrogens is 552 g/mol. The van der Waals surface area contributed by atoms with E-state index in [1.54, 1.807) is 24.3 Å². The molecule has 0 unspecified atom stereocenters. The number of hydrogen-bond donors (Lipinski definition) is 0. The lowest BCUT2D eigenvalue weighted by atomic mass is 9.77. The van der Waals surface area contributed by atoms with E-state index in [4.69, 9.17) is 0 Å². The summed E-state index contributed by atoms with van der Waals surface area (Å²) in [5, 5.41) is 4.90. The Bertz CT molecular complexity index is 2200. The van der Waals surface area contributed by atoms with Crippen molar-refractivity contribution < 1.29 is 14.4 Å². The quantitative estimate of drug-likeness (QED) is 0.0913. The fraction of sp³-hybridized carbons (Fsp3) is 0.119. The highest BCUT2D eigenvalue weighted by molar-refractivity contribution is 6.38. The van der Waals surface area contributed by atoms with Crippen LogP contribution in [0.15, 0.2) is 127 Å². The topological polar surface area (TPSA) is 51.2 Å². The molecule has 3 heteroatoms. The van der Waals surface area contributed by atoms with Gasteiger partial charge in [0, 0.05) is 38.8 Å². The third-order valence-corrected chi connectivity index (χ3v) is 8.89. The van der Waals surface area contributed by atoms with E-state index in [1.807, 2.05) is 97.1 Å². The fourth-order valence-corrected chi connectivity index (χ4v) is 6.82. The molecule has 8 aromatic rings. The first-order valence-electron chi connectivity index (χ1n) is 15.6. The van der Waals surface area contributed by atoms with Crippen molar-refractivity contribution in [2.45, 2.75) is 32.6 Å². The highest BCUT2D eigenvalue weighted by Crippen LogP contribution is 2.45. The first kappa shape index (κ1) is 28.4. The van der Waals surface area contributed by atoms with Crippen LogP contribution in [0.2, 0.25) is 0 Å². The lowest BCUT2D eigenvalue weighted by molar-refractivity contribution is 0.101. The van der Waals surface area contributed by atoms with Crippen molar-refractivity contribution >= 4 is 49.7 Å². The number of rotatable bonds is 10. The number of aryl methyl sites for hydroxylation is 1. The summed E-state index contributed by atoms with van der Waals surface area (Å²) in [6.45, 7) is 2.19. The van der Waals surface area contributed by atoms with Crippen LogP contribution in [0.3, 0.4) is 0 Å². The number of carbonyl (C=O) groups is 3.